The summed E-state index contributed by atoms with van der Waals surface area (Å²) in [6, 6.07) is 14.5. The molecule has 1 aromatic heterocycles. The summed E-state index contributed by atoms with van der Waals surface area (Å²) < 4.78 is 0. The first-order valence-electron chi connectivity index (χ1n) is 6.24. The van der Waals surface area contributed by atoms with E-state index in [1.54, 1.807) is 6.20 Å². The molecule has 0 saturated carbocycles. The van der Waals surface area contributed by atoms with Crippen LogP contribution in [0.15, 0.2) is 54.9 Å². The molecule has 0 saturated heterocycles. The number of rotatable bonds is 6. The van der Waals surface area contributed by atoms with E-state index in [4.69, 9.17) is 5.73 Å². The summed E-state index contributed by atoms with van der Waals surface area (Å²) in [4.78, 5) is 6.49. The lowest BCUT2D eigenvalue weighted by Gasteiger charge is -2.21. The molecule has 4 heteroatoms. The third kappa shape index (κ3) is 5.39. The van der Waals surface area contributed by atoms with Crippen LogP contribution in [0.5, 0.6) is 0 Å². The minimum absolute atomic E-state index is 0. The van der Waals surface area contributed by atoms with Crippen LogP contribution in [-0.4, -0.2) is 23.0 Å². The van der Waals surface area contributed by atoms with Crippen molar-refractivity contribution in [3.05, 3.63) is 66.0 Å². The Morgan fingerprint density at radius 2 is 1.63 bits per heavy atom. The average Bonchev–Trinajstić information content (AvgIpc) is 2.41. The van der Waals surface area contributed by atoms with Crippen LogP contribution >= 0.6 is 12.4 Å². The van der Waals surface area contributed by atoms with Crippen molar-refractivity contribution in [1.29, 1.82) is 0 Å². The minimum atomic E-state index is 0. The number of nitrogens with zero attached hydrogens (tertiary/aromatic N) is 2. The molecule has 1 heterocycles. The largest absolute Gasteiger partial charge is 0.329 e. The molecule has 0 atom stereocenters. The van der Waals surface area contributed by atoms with E-state index >= 15 is 0 Å². The second-order valence-corrected chi connectivity index (χ2v) is 4.35. The maximum Gasteiger partial charge on any atom is 0.0312 e. The van der Waals surface area contributed by atoms with Crippen LogP contribution in [0.1, 0.15) is 11.1 Å². The van der Waals surface area contributed by atoms with Crippen molar-refractivity contribution in [3.63, 3.8) is 0 Å². The maximum absolute atomic E-state index is 5.68. The van der Waals surface area contributed by atoms with Crippen LogP contribution in [0.25, 0.3) is 0 Å². The molecule has 2 rings (SSSR count). The molecule has 19 heavy (non-hydrogen) atoms. The average molecular weight is 278 g/mol. The lowest BCUT2D eigenvalue weighted by molar-refractivity contribution is 0.264. The van der Waals surface area contributed by atoms with E-state index < -0.39 is 0 Å². The van der Waals surface area contributed by atoms with E-state index in [-0.39, 0.29) is 12.4 Å². The van der Waals surface area contributed by atoms with Gasteiger partial charge in [0.05, 0.1) is 0 Å². The summed E-state index contributed by atoms with van der Waals surface area (Å²) in [5.74, 6) is 0. The highest BCUT2D eigenvalue weighted by Gasteiger charge is 2.06. The molecule has 0 unspecified atom stereocenters. The first-order valence-corrected chi connectivity index (χ1v) is 6.24. The van der Waals surface area contributed by atoms with Crippen molar-refractivity contribution >= 4 is 12.4 Å². The first-order chi connectivity index (χ1) is 8.88. The van der Waals surface area contributed by atoms with Gasteiger partial charge in [-0.05, 0) is 17.2 Å². The summed E-state index contributed by atoms with van der Waals surface area (Å²) in [6.07, 6.45) is 3.71. The van der Waals surface area contributed by atoms with Gasteiger partial charge in [0.1, 0.15) is 0 Å². The van der Waals surface area contributed by atoms with Gasteiger partial charge in [0.25, 0.3) is 0 Å². The highest BCUT2D eigenvalue weighted by atomic mass is 35.5. The summed E-state index contributed by atoms with van der Waals surface area (Å²) in [7, 11) is 0. The number of benzene rings is 1. The molecule has 0 bridgehead atoms. The Labute approximate surface area is 120 Å². The molecule has 3 nitrogen and oxygen atoms in total. The van der Waals surface area contributed by atoms with E-state index in [2.05, 4.69) is 40.2 Å². The fourth-order valence-electron chi connectivity index (χ4n) is 1.99. The lowest BCUT2D eigenvalue weighted by Crippen LogP contribution is -2.28. The number of nitrogens with two attached hydrogens (primary N) is 1. The molecule has 0 radical (unpaired) electrons. The van der Waals surface area contributed by atoms with Gasteiger partial charge >= 0.3 is 0 Å². The van der Waals surface area contributed by atoms with E-state index in [0.29, 0.717) is 6.54 Å². The second-order valence-electron chi connectivity index (χ2n) is 4.35. The van der Waals surface area contributed by atoms with E-state index in [9.17, 15) is 0 Å². The smallest absolute Gasteiger partial charge is 0.0312 e. The SMILES string of the molecule is Cl.NCCN(Cc1ccccc1)Cc1cccnc1. The molecule has 0 aliphatic heterocycles. The summed E-state index contributed by atoms with van der Waals surface area (Å²) in [5.41, 5.74) is 8.22. The van der Waals surface area contributed by atoms with Gasteiger partial charge in [-0.3, -0.25) is 9.88 Å². The number of halogens is 1. The van der Waals surface area contributed by atoms with Gasteiger partial charge in [-0.1, -0.05) is 36.4 Å². The van der Waals surface area contributed by atoms with Gasteiger partial charge in [0, 0.05) is 38.6 Å². The lowest BCUT2D eigenvalue weighted by atomic mass is 10.2. The topological polar surface area (TPSA) is 42.1 Å². The quantitative estimate of drug-likeness (QED) is 0.882. The second kappa shape index (κ2) is 8.64. The predicted octanol–water partition coefficient (Wildman–Crippen LogP) is 2.46. The molecule has 2 aromatic rings. The zero-order valence-electron chi connectivity index (χ0n) is 10.9. The van der Waals surface area contributed by atoms with E-state index in [1.165, 1.54) is 11.1 Å². The highest BCUT2D eigenvalue weighted by molar-refractivity contribution is 5.85. The first kappa shape index (κ1) is 15.6. The van der Waals surface area contributed by atoms with Gasteiger partial charge in [-0.25, -0.2) is 0 Å². The van der Waals surface area contributed by atoms with Crippen molar-refractivity contribution in [2.45, 2.75) is 13.1 Å². The van der Waals surface area contributed by atoms with Crippen molar-refractivity contribution in [3.8, 4) is 0 Å². The third-order valence-corrected chi connectivity index (χ3v) is 2.82. The van der Waals surface area contributed by atoms with Crippen LogP contribution in [0.4, 0.5) is 0 Å². The molecule has 0 amide bonds. The Balaban J connectivity index is 0.00000180. The van der Waals surface area contributed by atoms with Gasteiger partial charge in [-0.15, -0.1) is 12.4 Å². The maximum atomic E-state index is 5.68. The zero-order chi connectivity index (χ0) is 12.6. The molecule has 1 aromatic carbocycles. The van der Waals surface area contributed by atoms with Gasteiger partial charge in [0.15, 0.2) is 0 Å². The highest BCUT2D eigenvalue weighted by Crippen LogP contribution is 2.08. The zero-order valence-corrected chi connectivity index (χ0v) is 11.7. The van der Waals surface area contributed by atoms with E-state index in [0.717, 1.165) is 19.6 Å². The Morgan fingerprint density at radius 1 is 0.947 bits per heavy atom. The third-order valence-electron chi connectivity index (χ3n) is 2.82. The molecule has 0 aliphatic carbocycles. The number of hydrogen-bond donors (Lipinski definition) is 1. The van der Waals surface area contributed by atoms with Crippen LogP contribution < -0.4 is 5.73 Å². The van der Waals surface area contributed by atoms with Gasteiger partial charge in [0.2, 0.25) is 0 Å². The standard InChI is InChI=1S/C15H19N3.ClH/c16-8-10-18(12-14-5-2-1-3-6-14)13-15-7-4-9-17-11-15;/h1-7,9,11H,8,10,12-13,16H2;1H. The molecular weight excluding hydrogens is 258 g/mol. The van der Waals surface area contributed by atoms with Crippen LogP contribution in [0.3, 0.4) is 0 Å². The normalized spacial score (nSPS) is 10.2. The van der Waals surface area contributed by atoms with Crippen molar-refractivity contribution < 1.29 is 0 Å². The molecular formula is C15H20ClN3. The molecule has 2 N–H and O–H groups in total. The number of hydrogen-bond acceptors (Lipinski definition) is 3. The van der Waals surface area contributed by atoms with Crippen molar-refractivity contribution in [2.24, 2.45) is 5.73 Å². The minimum Gasteiger partial charge on any atom is -0.329 e. The Kier molecular flexibility index (Phi) is 7.11. The van der Waals surface area contributed by atoms with Crippen molar-refractivity contribution in [1.82, 2.24) is 9.88 Å². The molecule has 0 aliphatic rings. The van der Waals surface area contributed by atoms with Gasteiger partial charge < -0.3 is 5.73 Å². The fourth-order valence-corrected chi connectivity index (χ4v) is 1.99. The Bertz CT molecular complexity index is 406. The monoisotopic (exact) mass is 277 g/mol. The fraction of sp³-hybridized carbons (Fsp3) is 0.267. The number of pyridine rings is 1. The summed E-state index contributed by atoms with van der Waals surface area (Å²) in [6.45, 7) is 3.38. The van der Waals surface area contributed by atoms with Crippen LogP contribution in [0.2, 0.25) is 0 Å². The van der Waals surface area contributed by atoms with Crippen molar-refractivity contribution in [2.75, 3.05) is 13.1 Å². The molecule has 0 fully saturated rings. The van der Waals surface area contributed by atoms with Crippen LogP contribution in [0, 0.1) is 0 Å². The molecule has 102 valence electrons. The summed E-state index contributed by atoms with van der Waals surface area (Å²) in [5, 5.41) is 0. The number of aromatic nitrogens is 1. The van der Waals surface area contributed by atoms with Gasteiger partial charge in [-0.2, -0.15) is 0 Å². The van der Waals surface area contributed by atoms with Crippen LogP contribution in [-0.2, 0) is 13.1 Å². The van der Waals surface area contributed by atoms with E-state index in [1.807, 2.05) is 18.3 Å². The Morgan fingerprint density at radius 3 is 2.26 bits per heavy atom. The summed E-state index contributed by atoms with van der Waals surface area (Å²) >= 11 is 0. The predicted molar refractivity (Wildman–Crippen MR) is 81.1 cm³/mol. The Hall–Kier alpha value is -1.42. The molecule has 0 spiro atoms.